The number of nitrogen functional groups attached to an aromatic ring is 1. The van der Waals surface area contributed by atoms with E-state index in [4.69, 9.17) is 11.0 Å². The summed E-state index contributed by atoms with van der Waals surface area (Å²) in [5, 5.41) is 11.7. The minimum atomic E-state index is -4.28. The van der Waals surface area contributed by atoms with Gasteiger partial charge in [0.05, 0.1) is 10.6 Å². The predicted octanol–water partition coefficient (Wildman–Crippen LogP) is 3.43. The molecule has 2 rings (SSSR count). The zero-order chi connectivity index (χ0) is 13.6. The van der Waals surface area contributed by atoms with Crippen LogP contribution in [0.1, 0.15) is 17.7 Å². The van der Waals surface area contributed by atoms with Gasteiger partial charge in [-0.1, -0.05) is 0 Å². The van der Waals surface area contributed by atoms with E-state index in [0.717, 1.165) is 11.3 Å². The number of nitrogens with zero attached hydrogens (tertiary/aromatic N) is 1. The minimum Gasteiger partial charge on any atom is -0.396 e. The molecule has 8 heteroatoms. The van der Waals surface area contributed by atoms with E-state index in [1.165, 1.54) is 11.8 Å². The van der Waals surface area contributed by atoms with Crippen molar-refractivity contribution in [2.45, 2.75) is 29.5 Å². The van der Waals surface area contributed by atoms with Crippen molar-refractivity contribution < 1.29 is 13.2 Å². The zero-order valence-corrected chi connectivity index (χ0v) is 11.0. The quantitative estimate of drug-likeness (QED) is 0.838. The van der Waals surface area contributed by atoms with E-state index in [-0.39, 0.29) is 23.4 Å². The first kappa shape index (κ1) is 13.4. The van der Waals surface area contributed by atoms with Gasteiger partial charge in [0.25, 0.3) is 0 Å². The van der Waals surface area contributed by atoms with Gasteiger partial charge in [-0.25, -0.2) is 0 Å². The monoisotopic (exact) mass is 293 g/mol. The average Bonchev–Trinajstić information content (AvgIpc) is 3.00. The Balaban J connectivity index is 2.34. The summed E-state index contributed by atoms with van der Waals surface area (Å²) < 4.78 is 38.5. The molecule has 18 heavy (non-hydrogen) atoms. The molecule has 0 spiro atoms. The third-order valence-corrected chi connectivity index (χ3v) is 4.84. The van der Waals surface area contributed by atoms with E-state index >= 15 is 0 Å². The number of nitrogens with two attached hydrogens (primary N) is 1. The first-order chi connectivity index (χ1) is 8.34. The smallest absolute Gasteiger partial charge is 0.396 e. The minimum absolute atomic E-state index is 0.0595. The number of hydrogen-bond acceptors (Lipinski definition) is 5. The number of nitrogens with one attached hydrogen (secondary N) is 1. The van der Waals surface area contributed by atoms with Crippen molar-refractivity contribution in [3.8, 4) is 6.07 Å². The van der Waals surface area contributed by atoms with Crippen LogP contribution in [0.4, 0.5) is 23.9 Å². The van der Waals surface area contributed by atoms with Gasteiger partial charge in [-0.15, -0.1) is 23.1 Å². The maximum Gasteiger partial charge on any atom is 0.411 e. The highest BCUT2D eigenvalue weighted by Gasteiger charge is 2.63. The molecule has 0 saturated heterocycles. The Morgan fingerprint density at radius 2 is 2.11 bits per heavy atom. The Bertz CT molecular complexity index is 512. The van der Waals surface area contributed by atoms with Crippen LogP contribution in [0.2, 0.25) is 0 Å². The molecule has 1 saturated carbocycles. The van der Waals surface area contributed by atoms with Gasteiger partial charge in [0.15, 0.2) is 0 Å². The van der Waals surface area contributed by atoms with Gasteiger partial charge >= 0.3 is 6.18 Å². The standard InChI is InChI=1S/C10H10F3N3S2/c1-17-7-6(15)5(4-14)18-8(7)16-9(2-3-9)10(11,12)13/h16H,2-3,15H2,1H3. The van der Waals surface area contributed by atoms with Crippen molar-refractivity contribution in [2.75, 3.05) is 17.3 Å². The zero-order valence-electron chi connectivity index (χ0n) is 9.39. The van der Waals surface area contributed by atoms with Crippen LogP contribution >= 0.6 is 23.1 Å². The van der Waals surface area contributed by atoms with E-state index in [2.05, 4.69) is 5.32 Å². The van der Waals surface area contributed by atoms with E-state index in [1.807, 2.05) is 6.07 Å². The molecule has 1 aliphatic carbocycles. The lowest BCUT2D eigenvalue weighted by molar-refractivity contribution is -0.151. The van der Waals surface area contributed by atoms with E-state index in [9.17, 15) is 13.2 Å². The number of thiophene rings is 1. The Morgan fingerprint density at radius 3 is 2.50 bits per heavy atom. The van der Waals surface area contributed by atoms with Crippen molar-refractivity contribution in [3.63, 3.8) is 0 Å². The maximum absolute atomic E-state index is 12.8. The van der Waals surface area contributed by atoms with Crippen molar-refractivity contribution >= 4 is 33.8 Å². The lowest BCUT2D eigenvalue weighted by Gasteiger charge is -2.21. The number of alkyl halides is 3. The molecule has 0 bridgehead atoms. The Morgan fingerprint density at radius 1 is 1.50 bits per heavy atom. The molecule has 1 fully saturated rings. The first-order valence-electron chi connectivity index (χ1n) is 5.06. The third kappa shape index (κ3) is 2.01. The number of thioether (sulfide) groups is 1. The third-order valence-electron chi connectivity index (χ3n) is 2.85. The van der Waals surface area contributed by atoms with E-state index < -0.39 is 11.7 Å². The number of anilines is 2. The van der Waals surface area contributed by atoms with Crippen LogP contribution in [0.5, 0.6) is 0 Å². The van der Waals surface area contributed by atoms with Gasteiger partial charge in [0.2, 0.25) is 0 Å². The van der Waals surface area contributed by atoms with Gasteiger partial charge in [-0.3, -0.25) is 0 Å². The summed E-state index contributed by atoms with van der Waals surface area (Å²) in [5.74, 6) is 0. The lowest BCUT2D eigenvalue weighted by atomic mass is 10.2. The van der Waals surface area contributed by atoms with Crippen LogP contribution in [0, 0.1) is 11.3 Å². The molecule has 1 aliphatic rings. The second kappa shape index (κ2) is 4.24. The van der Waals surface area contributed by atoms with Crippen LogP contribution in [0.3, 0.4) is 0 Å². The van der Waals surface area contributed by atoms with Gasteiger partial charge in [-0.2, -0.15) is 18.4 Å². The number of halogens is 3. The van der Waals surface area contributed by atoms with Crippen LogP contribution in [-0.4, -0.2) is 18.0 Å². The normalized spacial score (nSPS) is 17.3. The summed E-state index contributed by atoms with van der Waals surface area (Å²) >= 11 is 2.22. The molecular formula is C10H10F3N3S2. The lowest BCUT2D eigenvalue weighted by Crippen LogP contribution is -2.38. The molecule has 0 aliphatic heterocycles. The highest BCUT2D eigenvalue weighted by Crippen LogP contribution is 2.54. The van der Waals surface area contributed by atoms with Crippen LogP contribution in [0.25, 0.3) is 0 Å². The van der Waals surface area contributed by atoms with Gasteiger partial charge in [-0.05, 0) is 19.1 Å². The topological polar surface area (TPSA) is 61.8 Å². The molecule has 0 radical (unpaired) electrons. The average molecular weight is 293 g/mol. The van der Waals surface area contributed by atoms with Crippen LogP contribution < -0.4 is 11.1 Å². The second-order valence-electron chi connectivity index (χ2n) is 4.02. The maximum atomic E-state index is 12.8. The summed E-state index contributed by atoms with van der Waals surface area (Å²) in [5.41, 5.74) is 4.15. The SMILES string of the molecule is CSc1c(NC2(C(F)(F)F)CC2)sc(C#N)c1N. The second-order valence-corrected chi connectivity index (χ2v) is 5.86. The molecule has 0 aromatic carbocycles. The summed E-state index contributed by atoms with van der Waals surface area (Å²) in [4.78, 5) is 0.770. The van der Waals surface area contributed by atoms with Gasteiger partial charge in [0.1, 0.15) is 21.5 Å². The van der Waals surface area contributed by atoms with Crippen molar-refractivity contribution in [1.82, 2.24) is 0 Å². The fourth-order valence-electron chi connectivity index (χ4n) is 1.62. The Hall–Kier alpha value is -1.07. The molecule has 1 aromatic rings. The molecule has 98 valence electrons. The summed E-state index contributed by atoms with van der Waals surface area (Å²) in [6.07, 6.45) is -2.44. The first-order valence-corrected chi connectivity index (χ1v) is 7.10. The highest BCUT2D eigenvalue weighted by atomic mass is 32.2. The highest BCUT2D eigenvalue weighted by molar-refractivity contribution is 7.99. The fourth-order valence-corrected chi connectivity index (χ4v) is 3.53. The molecule has 3 N–H and O–H groups in total. The molecule has 0 unspecified atom stereocenters. The number of nitriles is 1. The van der Waals surface area contributed by atoms with Gasteiger partial charge in [0, 0.05) is 0 Å². The molecule has 3 nitrogen and oxygen atoms in total. The Labute approximate surface area is 110 Å². The van der Waals surface area contributed by atoms with Crippen LogP contribution in [-0.2, 0) is 0 Å². The number of hydrogen-bond donors (Lipinski definition) is 2. The van der Waals surface area contributed by atoms with Crippen molar-refractivity contribution in [2.24, 2.45) is 0 Å². The molecule has 0 atom stereocenters. The predicted molar refractivity (Wildman–Crippen MR) is 66.9 cm³/mol. The van der Waals surface area contributed by atoms with Crippen molar-refractivity contribution in [1.29, 1.82) is 5.26 Å². The van der Waals surface area contributed by atoms with E-state index in [1.54, 1.807) is 6.26 Å². The molecular weight excluding hydrogens is 283 g/mol. The fraction of sp³-hybridized carbons (Fsp3) is 0.500. The van der Waals surface area contributed by atoms with Crippen molar-refractivity contribution in [3.05, 3.63) is 4.88 Å². The summed E-state index contributed by atoms with van der Waals surface area (Å²) in [7, 11) is 0. The van der Waals surface area contributed by atoms with Crippen LogP contribution in [0.15, 0.2) is 4.90 Å². The summed E-state index contributed by atoms with van der Waals surface area (Å²) in [6.45, 7) is 0. The molecule has 1 aromatic heterocycles. The number of rotatable bonds is 3. The van der Waals surface area contributed by atoms with Gasteiger partial charge < -0.3 is 11.1 Å². The summed E-state index contributed by atoms with van der Waals surface area (Å²) in [6, 6.07) is 1.89. The largest absolute Gasteiger partial charge is 0.411 e. The molecule has 0 amide bonds. The molecule has 1 heterocycles. The van der Waals surface area contributed by atoms with E-state index in [0.29, 0.717) is 9.90 Å². The Kier molecular flexibility index (Phi) is 3.15.